The van der Waals surface area contributed by atoms with Crippen LogP contribution in [-0.2, 0) is 66.8 Å². The molecule has 10 amide bonds. The number of primary amides is 1. The molecule has 2 atom stereocenters. The minimum Gasteiger partial charge on any atom is -0.379 e. The lowest BCUT2D eigenvalue weighted by Crippen LogP contribution is -2.61. The van der Waals surface area contributed by atoms with Crippen molar-refractivity contribution in [1.82, 2.24) is 25.3 Å². The Morgan fingerprint density at radius 2 is 1.06 bits per heavy atom. The van der Waals surface area contributed by atoms with Gasteiger partial charge >= 0.3 is 6.03 Å². The number of Topliss-reactive ketones (excluding diaryl/α,β-unsaturated/α-hetero) is 1. The van der Waals surface area contributed by atoms with Gasteiger partial charge in [-0.3, -0.25) is 57.9 Å². The highest BCUT2D eigenvalue weighted by molar-refractivity contribution is 6.14. The van der Waals surface area contributed by atoms with Gasteiger partial charge in [-0.25, -0.2) is 4.79 Å². The Labute approximate surface area is 387 Å². The van der Waals surface area contributed by atoms with Crippen molar-refractivity contribution in [2.45, 2.75) is 51.2 Å². The molecule has 0 aromatic heterocycles. The van der Waals surface area contributed by atoms with E-state index in [1.54, 1.807) is 38.1 Å². The summed E-state index contributed by atoms with van der Waals surface area (Å²) in [5.74, 6) is -6.06. The second kappa shape index (κ2) is 27.2. The van der Waals surface area contributed by atoms with Gasteiger partial charge in [-0.1, -0.05) is 32.0 Å². The molecule has 3 aliphatic heterocycles. The largest absolute Gasteiger partial charge is 0.379 e. The summed E-state index contributed by atoms with van der Waals surface area (Å²) in [6.45, 7) is 3.37. The zero-order chi connectivity index (χ0) is 48.8. The lowest BCUT2D eigenvalue weighted by molar-refractivity contribution is -0.157. The van der Waals surface area contributed by atoms with Gasteiger partial charge in [0.25, 0.3) is 35.4 Å². The number of ketones is 1. The van der Waals surface area contributed by atoms with Crippen LogP contribution in [0.2, 0.25) is 0 Å². The molecular formula is C45H59N7O15. The fraction of sp³-hybridized carbons (Fsp3) is 0.511. The summed E-state index contributed by atoms with van der Waals surface area (Å²) < 4.78 is 28.3. The molecule has 0 aliphatic carbocycles. The van der Waals surface area contributed by atoms with Crippen molar-refractivity contribution < 1.29 is 71.6 Å². The molecule has 0 bridgehead atoms. The SMILES string of the molecule is CC(C)[C@H](NC(=O)CCOCCOCCOCCOCCOC(CN1C(=O)C=CC1=O)(CN1C(=O)C=CC1=O)CN1C(=O)C=CC1=O)C(=O)C[C@@H](CCCNC(N)=O)C(=O)Nc1ccccc1. The van der Waals surface area contributed by atoms with Crippen LogP contribution in [0.15, 0.2) is 66.8 Å². The topological polar surface area (TPSA) is 289 Å². The average Bonchev–Trinajstić information content (AvgIpc) is 3.90. The summed E-state index contributed by atoms with van der Waals surface area (Å²) in [4.78, 5) is 128. The van der Waals surface area contributed by atoms with Crippen LogP contribution in [-0.4, -0.2) is 171 Å². The van der Waals surface area contributed by atoms with Crippen LogP contribution in [0.3, 0.4) is 0 Å². The third-order valence-electron chi connectivity index (χ3n) is 10.5. The standard InChI is InChI=1S/C45H59N7O15/c1-31(2)42(34(53)27-32(7-6-17-47-44(46)62)43(61)48-33-8-4-3-5-9-33)49-35(54)16-18-63-19-20-64-21-22-65-23-24-66-25-26-67-45(28-50-36(55)10-11-37(50)56,29-51-38(57)12-13-39(51)58)30-52-40(59)14-15-41(52)60/h3-5,8-15,31-32,42H,6-7,16-30H2,1-2H3,(H,48,61)(H,49,54)(H3,46,47,62)/t32-,42+/m1/s1. The van der Waals surface area contributed by atoms with Crippen molar-refractivity contribution in [3.05, 3.63) is 66.8 Å². The van der Waals surface area contributed by atoms with Crippen LogP contribution >= 0.6 is 0 Å². The van der Waals surface area contributed by atoms with Crippen LogP contribution in [0.1, 0.15) is 39.5 Å². The number of hydrogen-bond donors (Lipinski definition) is 4. The van der Waals surface area contributed by atoms with Crippen molar-refractivity contribution in [2.24, 2.45) is 17.6 Å². The summed E-state index contributed by atoms with van der Waals surface area (Å²) in [5.41, 5.74) is 3.96. The third-order valence-corrected chi connectivity index (χ3v) is 10.5. The number of anilines is 1. The number of rotatable bonds is 33. The molecule has 0 fully saturated rings. The summed E-state index contributed by atoms with van der Waals surface area (Å²) in [6.07, 6.45) is 6.87. The van der Waals surface area contributed by atoms with Gasteiger partial charge in [-0.15, -0.1) is 0 Å². The molecule has 22 nitrogen and oxygen atoms in total. The maximum absolute atomic E-state index is 13.4. The molecule has 0 radical (unpaired) electrons. The molecule has 67 heavy (non-hydrogen) atoms. The zero-order valence-corrected chi connectivity index (χ0v) is 37.6. The normalized spacial score (nSPS) is 15.7. The summed E-state index contributed by atoms with van der Waals surface area (Å²) in [5, 5.41) is 8.09. The molecule has 0 saturated heterocycles. The molecule has 5 N–H and O–H groups in total. The zero-order valence-electron chi connectivity index (χ0n) is 37.6. The number of nitrogens with zero attached hydrogens (tertiary/aromatic N) is 3. The highest BCUT2D eigenvalue weighted by Gasteiger charge is 2.46. The average molecular weight is 938 g/mol. The number of hydrogen-bond acceptors (Lipinski definition) is 15. The smallest absolute Gasteiger partial charge is 0.312 e. The van der Waals surface area contributed by atoms with Crippen LogP contribution in [0.4, 0.5) is 10.5 Å². The Bertz CT molecular complexity index is 1880. The second-order valence-electron chi connectivity index (χ2n) is 16.0. The van der Waals surface area contributed by atoms with E-state index >= 15 is 0 Å². The van der Waals surface area contributed by atoms with Crippen LogP contribution in [0, 0.1) is 11.8 Å². The van der Waals surface area contributed by atoms with Gasteiger partial charge in [-0.2, -0.15) is 0 Å². The molecule has 364 valence electrons. The number of imide groups is 3. The quantitative estimate of drug-likeness (QED) is 0.0524. The monoisotopic (exact) mass is 937 g/mol. The van der Waals surface area contributed by atoms with E-state index in [2.05, 4.69) is 16.0 Å². The van der Waals surface area contributed by atoms with E-state index < -0.39 is 84.6 Å². The predicted octanol–water partition coefficient (Wildman–Crippen LogP) is -0.223. The Morgan fingerprint density at radius 3 is 1.49 bits per heavy atom. The number of para-hydroxylation sites is 1. The first kappa shape index (κ1) is 53.2. The third kappa shape index (κ3) is 17.7. The lowest BCUT2D eigenvalue weighted by Gasteiger charge is -2.40. The van der Waals surface area contributed by atoms with Crippen LogP contribution in [0.5, 0.6) is 0 Å². The van der Waals surface area contributed by atoms with Gasteiger partial charge in [0.2, 0.25) is 11.8 Å². The highest BCUT2D eigenvalue weighted by Crippen LogP contribution is 2.24. The minimum atomic E-state index is -1.76. The van der Waals surface area contributed by atoms with E-state index in [1.165, 1.54) is 0 Å². The first-order valence-electron chi connectivity index (χ1n) is 21.9. The summed E-state index contributed by atoms with van der Waals surface area (Å²) in [6, 6.07) is 7.30. The summed E-state index contributed by atoms with van der Waals surface area (Å²) in [7, 11) is 0. The number of amides is 10. The van der Waals surface area contributed by atoms with Gasteiger partial charge in [-0.05, 0) is 30.9 Å². The number of carbonyl (C=O) groups is 10. The number of nitrogens with two attached hydrogens (primary N) is 1. The molecule has 1 aromatic carbocycles. The molecule has 4 rings (SSSR count). The van der Waals surface area contributed by atoms with E-state index in [4.69, 9.17) is 29.4 Å². The van der Waals surface area contributed by atoms with E-state index in [0.717, 1.165) is 51.2 Å². The molecular weight excluding hydrogens is 879 g/mol. The van der Waals surface area contributed by atoms with Crippen LogP contribution < -0.4 is 21.7 Å². The molecule has 3 aliphatic rings. The fourth-order valence-corrected chi connectivity index (χ4v) is 7.04. The van der Waals surface area contributed by atoms with E-state index in [0.29, 0.717) is 18.5 Å². The van der Waals surface area contributed by atoms with Gasteiger partial charge in [0.05, 0.1) is 85.1 Å². The number of carbonyl (C=O) groups excluding carboxylic acids is 10. The van der Waals surface area contributed by atoms with Gasteiger partial charge < -0.3 is 45.4 Å². The maximum atomic E-state index is 13.4. The van der Waals surface area contributed by atoms with Crippen molar-refractivity contribution in [3.63, 3.8) is 0 Å². The first-order chi connectivity index (χ1) is 32.1. The second-order valence-corrected chi connectivity index (χ2v) is 16.0. The predicted molar refractivity (Wildman–Crippen MR) is 236 cm³/mol. The molecule has 0 unspecified atom stereocenters. The molecule has 0 saturated carbocycles. The number of nitrogens with one attached hydrogen (secondary N) is 3. The van der Waals surface area contributed by atoms with Gasteiger partial charge in [0.15, 0.2) is 5.78 Å². The summed E-state index contributed by atoms with van der Waals surface area (Å²) >= 11 is 0. The van der Waals surface area contributed by atoms with Crippen molar-refractivity contribution >= 4 is 64.8 Å². The Hall–Kier alpha value is -6.46. The Morgan fingerprint density at radius 1 is 0.627 bits per heavy atom. The van der Waals surface area contributed by atoms with E-state index in [-0.39, 0.29) is 96.5 Å². The number of ether oxygens (including phenoxy) is 5. The van der Waals surface area contributed by atoms with Gasteiger partial charge in [0.1, 0.15) is 5.60 Å². The molecule has 0 spiro atoms. The fourth-order valence-electron chi connectivity index (χ4n) is 7.04. The minimum absolute atomic E-state index is 0.0117. The van der Waals surface area contributed by atoms with Crippen LogP contribution in [0.25, 0.3) is 0 Å². The molecule has 22 heteroatoms. The van der Waals surface area contributed by atoms with Gasteiger partial charge in [0, 0.05) is 67.4 Å². The van der Waals surface area contributed by atoms with Crippen molar-refractivity contribution in [1.29, 1.82) is 0 Å². The van der Waals surface area contributed by atoms with Crippen molar-refractivity contribution in [3.8, 4) is 0 Å². The Balaban J connectivity index is 1.11. The highest BCUT2D eigenvalue weighted by atomic mass is 16.6. The lowest BCUT2D eigenvalue weighted by atomic mass is 9.89. The molecule has 1 aromatic rings. The first-order valence-corrected chi connectivity index (χ1v) is 21.9. The number of benzene rings is 1. The Kier molecular flexibility index (Phi) is 21.6. The maximum Gasteiger partial charge on any atom is 0.312 e. The van der Waals surface area contributed by atoms with E-state index in [9.17, 15) is 47.9 Å². The molecule has 3 heterocycles. The van der Waals surface area contributed by atoms with Crippen molar-refractivity contribution in [2.75, 3.05) is 91.0 Å². The number of urea groups is 1. The van der Waals surface area contributed by atoms with E-state index in [1.807, 2.05) is 6.07 Å².